The Hall–Kier alpha value is -0.810. The monoisotopic (exact) mass is 186 g/mol. The van der Waals surface area contributed by atoms with Gasteiger partial charge < -0.3 is 9.64 Å². The number of hydrazine groups is 1. The van der Waals surface area contributed by atoms with Gasteiger partial charge in [-0.1, -0.05) is 0 Å². The third kappa shape index (κ3) is 2.10. The highest BCUT2D eigenvalue weighted by Gasteiger charge is 2.29. The van der Waals surface area contributed by atoms with Gasteiger partial charge in [0.25, 0.3) is 0 Å². The largest absolute Gasteiger partial charge is 0.376 e. The van der Waals surface area contributed by atoms with Crippen LogP contribution < -0.4 is 11.3 Å². The summed E-state index contributed by atoms with van der Waals surface area (Å²) in [7, 11) is 3.68. The fourth-order valence-corrected chi connectivity index (χ4v) is 1.71. The van der Waals surface area contributed by atoms with Crippen molar-refractivity contribution in [3.05, 3.63) is 0 Å². The Labute approximate surface area is 78.9 Å². The molecule has 13 heavy (non-hydrogen) atoms. The minimum atomic E-state index is 0.245. The lowest BCUT2D eigenvalue weighted by molar-refractivity contribution is 0.0992. The van der Waals surface area contributed by atoms with Gasteiger partial charge in [0.05, 0.1) is 12.1 Å². The molecule has 0 aromatic carbocycles. The minimum Gasteiger partial charge on any atom is -0.376 e. The molecule has 0 radical (unpaired) electrons. The van der Waals surface area contributed by atoms with Crippen molar-refractivity contribution in [2.75, 3.05) is 20.7 Å². The Morgan fingerprint density at radius 3 is 2.77 bits per heavy atom. The summed E-state index contributed by atoms with van der Waals surface area (Å²) >= 11 is 0. The predicted octanol–water partition coefficient (Wildman–Crippen LogP) is -0.455. The van der Waals surface area contributed by atoms with Gasteiger partial charge in [0.15, 0.2) is 0 Å². The number of aliphatic imine (C=N–C) groups is 1. The van der Waals surface area contributed by atoms with E-state index in [1.807, 2.05) is 11.9 Å². The van der Waals surface area contributed by atoms with Gasteiger partial charge in [-0.15, -0.1) is 0 Å². The third-order valence-corrected chi connectivity index (χ3v) is 2.51. The van der Waals surface area contributed by atoms with Crippen LogP contribution >= 0.6 is 0 Å². The zero-order chi connectivity index (χ0) is 9.84. The van der Waals surface area contributed by atoms with Crippen molar-refractivity contribution in [1.29, 1.82) is 0 Å². The minimum absolute atomic E-state index is 0.245. The molecule has 2 unspecified atom stereocenters. The van der Waals surface area contributed by atoms with Crippen LogP contribution in [0.25, 0.3) is 0 Å². The molecule has 0 spiro atoms. The van der Waals surface area contributed by atoms with E-state index in [4.69, 9.17) is 10.6 Å². The van der Waals surface area contributed by atoms with Crippen molar-refractivity contribution in [2.24, 2.45) is 10.8 Å². The topological polar surface area (TPSA) is 62.9 Å². The first kappa shape index (κ1) is 10.3. The molecule has 1 saturated heterocycles. The van der Waals surface area contributed by atoms with Gasteiger partial charge in [0.2, 0.25) is 5.96 Å². The van der Waals surface area contributed by atoms with E-state index in [-0.39, 0.29) is 6.10 Å². The Morgan fingerprint density at radius 2 is 2.38 bits per heavy atom. The molecule has 3 N–H and O–H groups in total. The van der Waals surface area contributed by atoms with E-state index in [2.05, 4.69) is 17.3 Å². The number of rotatable bonds is 1. The highest BCUT2D eigenvalue weighted by atomic mass is 16.5. The summed E-state index contributed by atoms with van der Waals surface area (Å²) in [5.41, 5.74) is 2.57. The molecule has 5 nitrogen and oxygen atoms in total. The summed E-state index contributed by atoms with van der Waals surface area (Å²) in [6, 6.07) is 0.370. The molecule has 1 heterocycles. The summed E-state index contributed by atoms with van der Waals surface area (Å²) in [6.07, 6.45) is 1.27. The first-order valence-electron chi connectivity index (χ1n) is 4.48. The summed E-state index contributed by atoms with van der Waals surface area (Å²) < 4.78 is 5.46. The standard InChI is InChI=1S/C8H18N4O/c1-6-7(4-5-13-6)12(3)8(10-2)11-9/h6-7H,4-5,9H2,1-3H3,(H,10,11). The number of hydrogen-bond acceptors (Lipinski definition) is 3. The molecule has 76 valence electrons. The molecule has 0 bridgehead atoms. The van der Waals surface area contributed by atoms with Crippen molar-refractivity contribution in [1.82, 2.24) is 10.3 Å². The number of nitrogens with zero attached hydrogens (tertiary/aromatic N) is 2. The quantitative estimate of drug-likeness (QED) is 0.252. The molecule has 5 heteroatoms. The number of nitrogens with one attached hydrogen (secondary N) is 1. The zero-order valence-electron chi connectivity index (χ0n) is 8.45. The molecule has 1 aliphatic heterocycles. The smallest absolute Gasteiger partial charge is 0.208 e. The van der Waals surface area contributed by atoms with E-state index in [0.29, 0.717) is 12.0 Å². The second kappa shape index (κ2) is 4.43. The predicted molar refractivity (Wildman–Crippen MR) is 52.3 cm³/mol. The van der Waals surface area contributed by atoms with E-state index in [0.717, 1.165) is 13.0 Å². The Morgan fingerprint density at radius 1 is 1.69 bits per heavy atom. The first-order valence-corrected chi connectivity index (χ1v) is 4.48. The molecule has 1 fully saturated rings. The van der Waals surface area contributed by atoms with Crippen LogP contribution in [0, 0.1) is 0 Å². The van der Waals surface area contributed by atoms with Gasteiger partial charge in [-0.25, -0.2) is 5.84 Å². The van der Waals surface area contributed by atoms with Gasteiger partial charge in [-0.05, 0) is 13.3 Å². The van der Waals surface area contributed by atoms with Gasteiger partial charge in [0, 0.05) is 20.7 Å². The zero-order valence-corrected chi connectivity index (χ0v) is 8.45. The summed E-state index contributed by atoms with van der Waals surface area (Å²) in [5, 5.41) is 0. The normalized spacial score (nSPS) is 29.1. The number of hydrogen-bond donors (Lipinski definition) is 2. The molecule has 0 saturated carbocycles. The first-order chi connectivity index (χ1) is 6.20. The highest BCUT2D eigenvalue weighted by molar-refractivity contribution is 5.79. The summed E-state index contributed by atoms with van der Waals surface area (Å²) in [6.45, 7) is 2.88. The van der Waals surface area contributed by atoms with Gasteiger partial charge in [0.1, 0.15) is 0 Å². The van der Waals surface area contributed by atoms with Crippen molar-refractivity contribution in [2.45, 2.75) is 25.5 Å². The summed E-state index contributed by atoms with van der Waals surface area (Å²) in [4.78, 5) is 6.06. The highest BCUT2D eigenvalue weighted by Crippen LogP contribution is 2.17. The second-order valence-corrected chi connectivity index (χ2v) is 3.23. The summed E-state index contributed by atoms with van der Waals surface area (Å²) in [5.74, 6) is 6.03. The lowest BCUT2D eigenvalue weighted by Crippen LogP contribution is -2.49. The van der Waals surface area contributed by atoms with Gasteiger partial charge in [-0.2, -0.15) is 0 Å². The molecular weight excluding hydrogens is 168 g/mol. The number of likely N-dealkylation sites (N-methyl/N-ethyl adjacent to an activating group) is 1. The molecule has 0 aromatic rings. The fourth-order valence-electron chi connectivity index (χ4n) is 1.71. The maximum absolute atomic E-state index is 5.46. The fraction of sp³-hybridized carbons (Fsp3) is 0.875. The number of ether oxygens (including phenoxy) is 1. The van der Waals surface area contributed by atoms with Gasteiger partial charge >= 0.3 is 0 Å². The molecular formula is C8H18N4O. The molecule has 0 aliphatic carbocycles. The maximum Gasteiger partial charge on any atom is 0.208 e. The van der Waals surface area contributed by atoms with Crippen molar-refractivity contribution in [3.63, 3.8) is 0 Å². The van der Waals surface area contributed by atoms with Crippen LogP contribution in [0.4, 0.5) is 0 Å². The van der Waals surface area contributed by atoms with Crippen LogP contribution in [0.3, 0.4) is 0 Å². The molecule has 1 aliphatic rings. The second-order valence-electron chi connectivity index (χ2n) is 3.23. The van der Waals surface area contributed by atoms with Crippen molar-refractivity contribution < 1.29 is 4.74 Å². The van der Waals surface area contributed by atoms with Crippen LogP contribution in [0.1, 0.15) is 13.3 Å². The van der Waals surface area contributed by atoms with Crippen LogP contribution in [0.15, 0.2) is 4.99 Å². The lowest BCUT2D eigenvalue weighted by atomic mass is 10.1. The Kier molecular flexibility index (Phi) is 3.50. The molecule has 2 atom stereocenters. The number of guanidine groups is 1. The van der Waals surface area contributed by atoms with E-state index in [1.54, 1.807) is 7.05 Å². The maximum atomic E-state index is 5.46. The Balaban J connectivity index is 2.60. The van der Waals surface area contributed by atoms with Crippen LogP contribution in [-0.2, 0) is 4.74 Å². The van der Waals surface area contributed by atoms with Crippen molar-refractivity contribution >= 4 is 5.96 Å². The molecule has 0 aromatic heterocycles. The van der Waals surface area contributed by atoms with E-state index in [1.165, 1.54) is 0 Å². The molecule has 1 rings (SSSR count). The van der Waals surface area contributed by atoms with Crippen LogP contribution in [0.5, 0.6) is 0 Å². The van der Waals surface area contributed by atoms with E-state index in [9.17, 15) is 0 Å². The number of nitrogens with two attached hydrogens (primary N) is 1. The lowest BCUT2D eigenvalue weighted by Gasteiger charge is -2.28. The SMILES string of the molecule is CN=C(NN)N(C)C1CCOC1C. The average molecular weight is 186 g/mol. The molecule has 0 amide bonds. The van der Waals surface area contributed by atoms with Crippen LogP contribution in [0.2, 0.25) is 0 Å². The third-order valence-electron chi connectivity index (χ3n) is 2.51. The van der Waals surface area contributed by atoms with Crippen LogP contribution in [-0.4, -0.2) is 43.7 Å². The van der Waals surface area contributed by atoms with Crippen molar-refractivity contribution in [3.8, 4) is 0 Å². The van der Waals surface area contributed by atoms with E-state index >= 15 is 0 Å². The Bertz CT molecular complexity index is 195. The van der Waals surface area contributed by atoms with Gasteiger partial charge in [-0.3, -0.25) is 10.4 Å². The van der Waals surface area contributed by atoms with E-state index < -0.39 is 0 Å². The average Bonchev–Trinajstić information content (AvgIpc) is 2.53.